The van der Waals surface area contributed by atoms with Crippen molar-refractivity contribution < 1.29 is 19.1 Å². The Morgan fingerprint density at radius 1 is 1.17 bits per heavy atom. The number of hydrogen-bond acceptors (Lipinski definition) is 15. The Hall–Kier alpha value is -1.02. The van der Waals surface area contributed by atoms with Gasteiger partial charge in [0.2, 0.25) is 5.91 Å². The van der Waals surface area contributed by atoms with Crippen molar-refractivity contribution in [3.8, 4) is 0 Å². The number of hydrazine groups is 1. The van der Waals surface area contributed by atoms with Crippen LogP contribution >= 0.6 is 23.7 Å². The highest BCUT2D eigenvalue weighted by atomic mass is 32.2. The van der Waals surface area contributed by atoms with Gasteiger partial charge in [-0.3, -0.25) is 30.3 Å². The van der Waals surface area contributed by atoms with Gasteiger partial charge in [0.05, 0.1) is 60.4 Å². The van der Waals surface area contributed by atoms with Gasteiger partial charge in [-0.25, -0.2) is 15.8 Å². The van der Waals surface area contributed by atoms with Crippen molar-refractivity contribution in [2.45, 2.75) is 85.6 Å². The summed E-state index contributed by atoms with van der Waals surface area (Å²) >= 11 is 3.42. The van der Waals surface area contributed by atoms with E-state index in [9.17, 15) is 9.59 Å². The van der Waals surface area contributed by atoms with Crippen LogP contribution in [0.5, 0.6) is 0 Å². The molecule has 5 saturated heterocycles. The molecule has 11 atom stereocenters. The van der Waals surface area contributed by atoms with Crippen LogP contribution in [0.3, 0.4) is 0 Å². The van der Waals surface area contributed by atoms with E-state index in [1.807, 2.05) is 0 Å². The number of carbonyl (C=O) groups is 2. The number of thioether (sulfide) groups is 1. The number of rotatable bonds is 7. The van der Waals surface area contributed by atoms with Crippen LogP contribution in [0.15, 0.2) is 11.1 Å². The van der Waals surface area contributed by atoms with Crippen LogP contribution in [-0.4, -0.2) is 115 Å². The number of nitrogens with two attached hydrogens (primary N) is 2. The number of primary amides is 1. The van der Waals surface area contributed by atoms with Crippen molar-refractivity contribution in [3.05, 3.63) is 11.1 Å². The molecule has 0 aromatic rings. The van der Waals surface area contributed by atoms with Crippen molar-refractivity contribution in [2.24, 2.45) is 23.3 Å². The molecule has 16 heteroatoms. The summed E-state index contributed by atoms with van der Waals surface area (Å²) in [7, 11) is 0. The third-order valence-electron chi connectivity index (χ3n) is 9.78. The zero-order valence-electron chi connectivity index (χ0n) is 23.7. The maximum absolute atomic E-state index is 13.0. The third-order valence-corrected chi connectivity index (χ3v) is 12.3. The second-order valence-corrected chi connectivity index (χ2v) is 14.6. The van der Waals surface area contributed by atoms with Crippen LogP contribution < -0.4 is 43.0 Å². The van der Waals surface area contributed by atoms with Crippen LogP contribution in [0.1, 0.15) is 32.1 Å². The van der Waals surface area contributed by atoms with Crippen LogP contribution in [0.25, 0.3) is 0 Å². The van der Waals surface area contributed by atoms with E-state index in [2.05, 4.69) is 41.3 Å². The van der Waals surface area contributed by atoms with Gasteiger partial charge in [-0.1, -0.05) is 24.8 Å². The first-order valence-electron chi connectivity index (χ1n) is 15.3. The summed E-state index contributed by atoms with van der Waals surface area (Å²) in [6, 6.07) is 0.482. The van der Waals surface area contributed by atoms with Crippen molar-refractivity contribution in [1.82, 2.24) is 41.3 Å². The second-order valence-electron chi connectivity index (χ2n) is 12.4. The molecule has 0 aromatic heterocycles. The number of hydrogen-bond donors (Lipinski definition) is 8. The molecule has 10 N–H and O–H groups in total. The van der Waals surface area contributed by atoms with Gasteiger partial charge in [-0.05, 0) is 19.3 Å². The summed E-state index contributed by atoms with van der Waals surface area (Å²) in [5, 5.41) is 12.3. The van der Waals surface area contributed by atoms with E-state index in [4.69, 9.17) is 20.9 Å². The molecule has 0 aromatic carbocycles. The summed E-state index contributed by atoms with van der Waals surface area (Å²) in [6.07, 6.45) is 5.81. The fraction of sp³-hybridized carbons (Fsp3) is 0.846. The SMILES string of the molecule is NC(=O)C1C(NC2CC(C3COC4C(=O)C=C(N5CCOCC5)SC43)NS2)NC(N[C@H]2CCCC[C@H]2N)N2CNNC12. The molecule has 9 unspecified atom stereocenters. The van der Waals surface area contributed by atoms with Crippen molar-refractivity contribution >= 4 is 35.4 Å². The van der Waals surface area contributed by atoms with Crippen LogP contribution in [0, 0.1) is 11.8 Å². The Morgan fingerprint density at radius 2 is 2.00 bits per heavy atom. The van der Waals surface area contributed by atoms with E-state index < -0.39 is 12.0 Å². The van der Waals surface area contributed by atoms with Gasteiger partial charge in [0.1, 0.15) is 12.4 Å². The van der Waals surface area contributed by atoms with E-state index in [1.165, 1.54) is 6.42 Å². The predicted octanol–water partition coefficient (Wildman–Crippen LogP) is -2.35. The largest absolute Gasteiger partial charge is 0.378 e. The lowest BCUT2D eigenvalue weighted by molar-refractivity contribution is -0.130. The molecule has 6 fully saturated rings. The number of amides is 1. The average Bonchev–Trinajstić information content (AvgIpc) is 3.75. The lowest BCUT2D eigenvalue weighted by Crippen LogP contribution is -2.76. The topological polar surface area (TPSA) is 183 Å². The third kappa shape index (κ3) is 5.86. The quantitative estimate of drug-likeness (QED) is 0.141. The zero-order chi connectivity index (χ0) is 28.8. The normalized spacial score (nSPS) is 44.6. The minimum Gasteiger partial charge on any atom is -0.378 e. The van der Waals surface area contributed by atoms with Gasteiger partial charge in [-0.15, -0.1) is 11.8 Å². The second kappa shape index (κ2) is 12.8. The number of morpholine rings is 1. The van der Waals surface area contributed by atoms with Gasteiger partial charge >= 0.3 is 0 Å². The molecule has 6 heterocycles. The monoisotopic (exact) mass is 624 g/mol. The molecule has 6 aliphatic heterocycles. The minimum absolute atomic E-state index is 0.0467. The van der Waals surface area contributed by atoms with Gasteiger partial charge < -0.3 is 25.8 Å². The summed E-state index contributed by atoms with van der Waals surface area (Å²) in [5.41, 5.74) is 18.9. The highest BCUT2D eigenvalue weighted by Crippen LogP contribution is 2.45. The molecule has 234 valence electrons. The summed E-state index contributed by atoms with van der Waals surface area (Å²) in [5.74, 6) is -0.599. The Kier molecular flexibility index (Phi) is 9.02. The fourth-order valence-corrected chi connectivity index (χ4v) is 10.2. The maximum atomic E-state index is 13.0. The molecule has 1 amide bonds. The summed E-state index contributed by atoms with van der Waals surface area (Å²) in [4.78, 5) is 30.2. The fourth-order valence-electron chi connectivity index (χ4n) is 7.46. The first-order chi connectivity index (χ1) is 20.5. The number of nitrogens with one attached hydrogen (secondary N) is 6. The summed E-state index contributed by atoms with van der Waals surface area (Å²) in [6.45, 7) is 4.11. The molecular formula is C26H44N10O4S2. The van der Waals surface area contributed by atoms with Crippen LogP contribution in [0.2, 0.25) is 0 Å². The first-order valence-corrected chi connectivity index (χ1v) is 17.1. The molecule has 7 aliphatic rings. The number of fused-ring (bicyclic) bond motifs is 2. The number of carbonyl (C=O) groups excluding carboxylic acids is 2. The van der Waals surface area contributed by atoms with Crippen molar-refractivity contribution in [3.63, 3.8) is 0 Å². The molecule has 7 rings (SSSR count). The van der Waals surface area contributed by atoms with E-state index in [0.717, 1.165) is 43.8 Å². The average molecular weight is 625 g/mol. The molecular weight excluding hydrogens is 580 g/mol. The van der Waals surface area contributed by atoms with Crippen molar-refractivity contribution in [1.29, 1.82) is 0 Å². The van der Waals surface area contributed by atoms with E-state index >= 15 is 0 Å². The van der Waals surface area contributed by atoms with Gasteiger partial charge in [0, 0.05) is 43.2 Å². The molecule has 0 spiro atoms. The van der Waals surface area contributed by atoms with Crippen LogP contribution in [0.4, 0.5) is 0 Å². The highest BCUT2D eigenvalue weighted by Gasteiger charge is 2.52. The van der Waals surface area contributed by atoms with E-state index in [-0.39, 0.29) is 65.0 Å². The smallest absolute Gasteiger partial charge is 0.226 e. The Morgan fingerprint density at radius 3 is 2.81 bits per heavy atom. The molecule has 14 nitrogen and oxygen atoms in total. The number of ketones is 1. The molecule has 42 heavy (non-hydrogen) atoms. The maximum Gasteiger partial charge on any atom is 0.226 e. The molecule has 0 bridgehead atoms. The predicted molar refractivity (Wildman–Crippen MR) is 160 cm³/mol. The molecule has 0 radical (unpaired) electrons. The first kappa shape index (κ1) is 29.7. The number of ether oxygens (including phenoxy) is 2. The minimum atomic E-state index is -0.496. The molecule has 1 saturated carbocycles. The van der Waals surface area contributed by atoms with E-state index in [1.54, 1.807) is 29.8 Å². The van der Waals surface area contributed by atoms with Gasteiger partial charge in [0.15, 0.2) is 5.78 Å². The standard InChI is InChI=1S/C26H44N10O4S2/c27-14-3-1-2-4-15(14)30-26-32-24(20(23(28)38)25-33-29-12-36(25)26)31-18-9-16(34-42-18)13-11-40-21-17(37)10-19(41-22(13)21)35-5-7-39-8-6-35/h10,13-16,18,20-22,24-26,29-34H,1-9,11-12,27H2,(H2,28,38)/t13?,14-,15+,16?,18?,20?,21?,22?,24?,25?,26?/m1/s1. The zero-order valence-corrected chi connectivity index (χ0v) is 25.3. The Labute approximate surface area is 255 Å². The number of nitrogens with zero attached hydrogens (tertiary/aromatic N) is 2. The lowest BCUT2D eigenvalue weighted by atomic mass is 9.90. The van der Waals surface area contributed by atoms with Gasteiger partial charge in [-0.2, -0.15) is 0 Å². The van der Waals surface area contributed by atoms with Crippen molar-refractivity contribution in [2.75, 3.05) is 39.6 Å². The Balaban J connectivity index is 1.01. The summed E-state index contributed by atoms with van der Waals surface area (Å²) < 4.78 is 15.2. The van der Waals surface area contributed by atoms with Crippen LogP contribution in [-0.2, 0) is 19.1 Å². The highest BCUT2D eigenvalue weighted by molar-refractivity contribution is 8.03. The lowest BCUT2D eigenvalue weighted by Gasteiger charge is -2.48. The van der Waals surface area contributed by atoms with Gasteiger partial charge in [0.25, 0.3) is 0 Å². The molecule has 1 aliphatic carbocycles. The Bertz CT molecular complexity index is 1050. The van der Waals surface area contributed by atoms with E-state index in [0.29, 0.717) is 26.5 Å².